The number of carbonyl (C=O) groups is 1. The number of rotatable bonds is 12. The van der Waals surface area contributed by atoms with E-state index >= 15 is 0 Å². The summed E-state index contributed by atoms with van der Waals surface area (Å²) < 4.78 is 10.5. The fourth-order valence-corrected chi connectivity index (χ4v) is 1.63. The lowest BCUT2D eigenvalue weighted by molar-refractivity contribution is -0.421. The Bertz CT molecular complexity index is 337. The number of hydrogen-bond acceptors (Lipinski definition) is 7. The fourth-order valence-electron chi connectivity index (χ4n) is 1.63. The molecule has 0 heterocycles. The minimum Gasteiger partial charge on any atom is -0.401 e. The molecule has 0 aliphatic carbocycles. The predicted octanol–water partition coefficient (Wildman–Crippen LogP) is 5.67. The molecular weight excluding hydrogens is 340 g/mol. The predicted molar refractivity (Wildman–Crippen MR) is 98.0 cm³/mol. The summed E-state index contributed by atoms with van der Waals surface area (Å²) in [4.78, 5) is 33.2. The van der Waals surface area contributed by atoms with E-state index in [1.807, 2.05) is 55.4 Å². The number of unbranched alkanes of at least 4 members (excludes halogenated alkanes) is 2. The first-order valence-electron chi connectivity index (χ1n) is 9.53. The van der Waals surface area contributed by atoms with Crippen LogP contribution in [0.1, 0.15) is 93.9 Å². The van der Waals surface area contributed by atoms with Gasteiger partial charge in [0, 0.05) is 12.8 Å². The van der Waals surface area contributed by atoms with E-state index in [1.165, 1.54) is 0 Å². The van der Waals surface area contributed by atoms with Gasteiger partial charge in [0.05, 0.1) is 11.2 Å². The average Bonchev–Trinajstić information content (AvgIpc) is 2.51. The number of carbonyl (C=O) groups excluding carboxylic acids is 1. The molecule has 2 unspecified atom stereocenters. The zero-order valence-corrected chi connectivity index (χ0v) is 17.8. The number of hydrogen-bond donors (Lipinski definition) is 0. The highest BCUT2D eigenvalue weighted by Crippen LogP contribution is 2.17. The highest BCUT2D eigenvalue weighted by atomic mass is 17.2. The van der Waals surface area contributed by atoms with Crippen LogP contribution in [0.4, 0.5) is 4.79 Å². The molecule has 0 spiro atoms. The van der Waals surface area contributed by atoms with E-state index in [9.17, 15) is 4.79 Å². The molecule has 0 aromatic rings. The third kappa shape index (κ3) is 15.4. The highest BCUT2D eigenvalue weighted by molar-refractivity contribution is 5.60. The van der Waals surface area contributed by atoms with E-state index in [0.717, 1.165) is 25.7 Å². The van der Waals surface area contributed by atoms with Crippen LogP contribution in [-0.2, 0) is 29.0 Å². The summed E-state index contributed by atoms with van der Waals surface area (Å²) in [5, 5.41) is 0. The van der Waals surface area contributed by atoms with Crippen molar-refractivity contribution in [3.05, 3.63) is 0 Å². The smallest absolute Gasteiger partial charge is 0.401 e. The average molecular weight is 379 g/mol. The minimum absolute atomic E-state index is 0.509. The molecule has 26 heavy (non-hydrogen) atoms. The largest absolute Gasteiger partial charge is 0.513 e. The summed E-state index contributed by atoms with van der Waals surface area (Å²) in [5.74, 6) is 0. The third-order valence-electron chi connectivity index (χ3n) is 2.85. The van der Waals surface area contributed by atoms with Crippen LogP contribution in [0.25, 0.3) is 0 Å². The Morgan fingerprint density at radius 2 is 1.08 bits per heavy atom. The molecule has 0 aromatic carbocycles. The van der Waals surface area contributed by atoms with Gasteiger partial charge in [-0.25, -0.2) is 14.6 Å². The molecule has 7 nitrogen and oxygen atoms in total. The first kappa shape index (κ1) is 25.1. The normalized spacial score (nSPS) is 14.8. The van der Waals surface area contributed by atoms with Gasteiger partial charge in [-0.1, -0.05) is 26.7 Å². The van der Waals surface area contributed by atoms with Crippen LogP contribution >= 0.6 is 0 Å². The van der Waals surface area contributed by atoms with Gasteiger partial charge in [0.2, 0.25) is 12.6 Å². The third-order valence-corrected chi connectivity index (χ3v) is 2.85. The van der Waals surface area contributed by atoms with E-state index in [1.54, 1.807) is 0 Å². The lowest BCUT2D eigenvalue weighted by Gasteiger charge is -2.25. The maximum absolute atomic E-state index is 12.1. The summed E-state index contributed by atoms with van der Waals surface area (Å²) in [5.41, 5.74) is -1.02. The van der Waals surface area contributed by atoms with Crippen molar-refractivity contribution in [1.82, 2.24) is 0 Å². The molecule has 0 rings (SSSR count). The molecular formula is C19H38O7. The van der Waals surface area contributed by atoms with Crippen molar-refractivity contribution < 1.29 is 33.8 Å². The monoisotopic (exact) mass is 378 g/mol. The summed E-state index contributed by atoms with van der Waals surface area (Å²) in [6.45, 7) is 15.2. The van der Waals surface area contributed by atoms with Crippen LogP contribution in [0.2, 0.25) is 0 Å². The van der Waals surface area contributed by atoms with Crippen LogP contribution in [0.5, 0.6) is 0 Å². The van der Waals surface area contributed by atoms with Gasteiger partial charge in [-0.15, -0.1) is 0 Å². The molecule has 156 valence electrons. The van der Waals surface area contributed by atoms with Gasteiger partial charge in [0.1, 0.15) is 0 Å². The van der Waals surface area contributed by atoms with Gasteiger partial charge in [-0.2, -0.15) is 9.78 Å². The van der Waals surface area contributed by atoms with Crippen molar-refractivity contribution >= 4 is 6.16 Å². The second-order valence-electron chi connectivity index (χ2n) is 8.21. The minimum atomic E-state index is -0.873. The van der Waals surface area contributed by atoms with Gasteiger partial charge in [-0.3, -0.25) is 0 Å². The van der Waals surface area contributed by atoms with Crippen molar-refractivity contribution in [2.45, 2.75) is 118 Å². The summed E-state index contributed by atoms with van der Waals surface area (Å²) in [7, 11) is 0. The zero-order chi connectivity index (χ0) is 20.2. The Balaban J connectivity index is 4.62. The molecule has 2 atom stereocenters. The van der Waals surface area contributed by atoms with Crippen LogP contribution in [0.3, 0.4) is 0 Å². The Kier molecular flexibility index (Phi) is 12.1. The first-order chi connectivity index (χ1) is 12.0. The maximum Gasteiger partial charge on any atom is 0.513 e. The standard InChI is InChI=1S/C19H38O7/c1-9-11-13-15(23-25-18(3,4)5)21-17(20)22-16(14-12-10-2)24-26-19(6,7)8/h15-16H,9-14H2,1-8H3. The molecule has 0 saturated heterocycles. The van der Waals surface area contributed by atoms with E-state index in [4.69, 9.17) is 29.0 Å². The maximum atomic E-state index is 12.1. The van der Waals surface area contributed by atoms with E-state index in [-0.39, 0.29) is 0 Å². The Morgan fingerprint density at radius 1 is 0.731 bits per heavy atom. The lowest BCUT2D eigenvalue weighted by atomic mass is 10.2. The van der Waals surface area contributed by atoms with Crippen molar-refractivity contribution in [3.8, 4) is 0 Å². The Morgan fingerprint density at radius 3 is 1.35 bits per heavy atom. The Hall–Kier alpha value is -0.890. The van der Waals surface area contributed by atoms with Crippen LogP contribution in [0, 0.1) is 0 Å². The fraction of sp³-hybridized carbons (Fsp3) is 0.947. The summed E-state index contributed by atoms with van der Waals surface area (Å²) in [6, 6.07) is 0. The molecule has 0 aliphatic heterocycles. The second-order valence-corrected chi connectivity index (χ2v) is 8.21. The van der Waals surface area contributed by atoms with Crippen molar-refractivity contribution in [3.63, 3.8) is 0 Å². The first-order valence-corrected chi connectivity index (χ1v) is 9.53. The molecule has 7 heteroatoms. The van der Waals surface area contributed by atoms with Gasteiger partial charge >= 0.3 is 6.16 Å². The van der Waals surface area contributed by atoms with Crippen molar-refractivity contribution in [2.75, 3.05) is 0 Å². The molecule has 0 radical (unpaired) electrons. The molecule has 0 N–H and O–H groups in total. The van der Waals surface area contributed by atoms with E-state index < -0.39 is 29.9 Å². The van der Waals surface area contributed by atoms with Crippen molar-refractivity contribution in [1.29, 1.82) is 0 Å². The topological polar surface area (TPSA) is 72.5 Å². The molecule has 0 aliphatic rings. The molecule has 0 bridgehead atoms. The molecule has 0 amide bonds. The highest BCUT2D eigenvalue weighted by Gasteiger charge is 2.25. The van der Waals surface area contributed by atoms with Crippen LogP contribution in [-0.4, -0.2) is 29.9 Å². The SMILES string of the molecule is CCCCC(OOC(C)(C)C)OC(=O)OC(CCCC)OOC(C)(C)C. The van der Waals surface area contributed by atoms with Crippen molar-refractivity contribution in [2.24, 2.45) is 0 Å². The van der Waals surface area contributed by atoms with Gasteiger partial charge in [-0.05, 0) is 54.4 Å². The van der Waals surface area contributed by atoms with E-state index in [2.05, 4.69) is 0 Å². The van der Waals surface area contributed by atoms with Gasteiger partial charge in [0.25, 0.3) is 0 Å². The molecule has 0 fully saturated rings. The lowest BCUT2D eigenvalue weighted by Crippen LogP contribution is -2.31. The number of ether oxygens (including phenoxy) is 2. The van der Waals surface area contributed by atoms with Gasteiger partial charge < -0.3 is 9.47 Å². The summed E-state index contributed by atoms with van der Waals surface area (Å²) >= 11 is 0. The quantitative estimate of drug-likeness (QED) is 0.188. The summed E-state index contributed by atoms with van der Waals surface area (Å²) in [6.07, 6.45) is 2.02. The molecule has 0 aromatic heterocycles. The van der Waals surface area contributed by atoms with Crippen LogP contribution < -0.4 is 0 Å². The van der Waals surface area contributed by atoms with Gasteiger partial charge in [0.15, 0.2) is 0 Å². The van der Waals surface area contributed by atoms with Crippen LogP contribution in [0.15, 0.2) is 0 Å². The zero-order valence-electron chi connectivity index (χ0n) is 17.8. The second kappa shape index (κ2) is 12.5. The molecule has 0 saturated carbocycles. The van der Waals surface area contributed by atoms with E-state index in [0.29, 0.717) is 12.8 Å². The Labute approximate surface area is 158 Å².